The van der Waals surface area contributed by atoms with Crippen molar-refractivity contribution in [3.63, 3.8) is 0 Å². The van der Waals surface area contributed by atoms with Gasteiger partial charge in [0.05, 0.1) is 0 Å². The fourth-order valence-corrected chi connectivity index (χ4v) is 1.84. The first-order valence-corrected chi connectivity index (χ1v) is 6.63. The Balaban J connectivity index is 2.33. The average Bonchev–Trinajstić information content (AvgIpc) is 2.37. The number of amides is 1. The van der Waals surface area contributed by atoms with Gasteiger partial charge in [0.1, 0.15) is 0 Å². The van der Waals surface area contributed by atoms with Crippen LogP contribution in [0.2, 0.25) is 0 Å². The maximum absolute atomic E-state index is 11.9. The summed E-state index contributed by atoms with van der Waals surface area (Å²) in [6.07, 6.45) is 3.62. The van der Waals surface area contributed by atoms with Crippen LogP contribution in [0.25, 0.3) is 0 Å². The Kier molecular flexibility index (Phi) is 6.44. The molecule has 2 N–H and O–H groups in total. The topological polar surface area (TPSA) is 46.3 Å². The summed E-state index contributed by atoms with van der Waals surface area (Å²) >= 11 is 0. The van der Waals surface area contributed by atoms with E-state index in [1.54, 1.807) is 4.90 Å². The van der Waals surface area contributed by atoms with Crippen LogP contribution in [0.4, 0.5) is 0 Å². The van der Waals surface area contributed by atoms with Crippen molar-refractivity contribution in [1.82, 2.24) is 4.90 Å². The third-order valence-electron chi connectivity index (χ3n) is 3.06. The lowest BCUT2D eigenvalue weighted by Crippen LogP contribution is -2.25. The Bertz CT molecular complexity index is 359. The SMILES string of the molecule is Cc1ccc(CN(C)C(=O)CCCCCN)cc1. The van der Waals surface area contributed by atoms with Crippen molar-refractivity contribution in [2.75, 3.05) is 13.6 Å². The van der Waals surface area contributed by atoms with E-state index in [9.17, 15) is 4.79 Å². The van der Waals surface area contributed by atoms with Crippen LogP contribution >= 0.6 is 0 Å². The van der Waals surface area contributed by atoms with Gasteiger partial charge in [-0.3, -0.25) is 4.79 Å². The van der Waals surface area contributed by atoms with Gasteiger partial charge in [-0.1, -0.05) is 36.2 Å². The Labute approximate surface area is 110 Å². The molecule has 0 aromatic heterocycles. The summed E-state index contributed by atoms with van der Waals surface area (Å²) in [7, 11) is 1.87. The van der Waals surface area contributed by atoms with Crippen LogP contribution in [-0.2, 0) is 11.3 Å². The lowest BCUT2D eigenvalue weighted by Gasteiger charge is -2.17. The molecule has 3 heteroatoms. The molecule has 100 valence electrons. The predicted octanol–water partition coefficient (Wildman–Crippen LogP) is 2.47. The van der Waals surface area contributed by atoms with E-state index >= 15 is 0 Å². The van der Waals surface area contributed by atoms with Crippen LogP contribution < -0.4 is 5.73 Å². The summed E-state index contributed by atoms with van der Waals surface area (Å²) in [5.41, 5.74) is 7.85. The first kappa shape index (κ1) is 14.7. The lowest BCUT2D eigenvalue weighted by atomic mass is 10.1. The minimum absolute atomic E-state index is 0.215. The Hall–Kier alpha value is -1.35. The largest absolute Gasteiger partial charge is 0.341 e. The highest BCUT2D eigenvalue weighted by atomic mass is 16.2. The number of hydrogen-bond donors (Lipinski definition) is 1. The van der Waals surface area contributed by atoms with E-state index in [1.807, 2.05) is 7.05 Å². The molecular formula is C15H24N2O. The second-order valence-corrected chi connectivity index (χ2v) is 4.83. The number of rotatable bonds is 7. The van der Waals surface area contributed by atoms with Crippen LogP contribution in [0.15, 0.2) is 24.3 Å². The Morgan fingerprint density at radius 1 is 1.17 bits per heavy atom. The Morgan fingerprint density at radius 2 is 1.83 bits per heavy atom. The monoisotopic (exact) mass is 248 g/mol. The minimum atomic E-state index is 0.215. The van der Waals surface area contributed by atoms with Crippen LogP contribution in [0.3, 0.4) is 0 Å². The number of hydrogen-bond acceptors (Lipinski definition) is 2. The molecule has 0 aliphatic heterocycles. The van der Waals surface area contributed by atoms with Crippen LogP contribution in [-0.4, -0.2) is 24.4 Å². The number of unbranched alkanes of at least 4 members (excludes halogenated alkanes) is 2. The summed E-state index contributed by atoms with van der Waals surface area (Å²) in [6.45, 7) is 3.47. The summed E-state index contributed by atoms with van der Waals surface area (Å²) in [4.78, 5) is 13.7. The van der Waals surface area contributed by atoms with Crippen LogP contribution in [0, 0.1) is 6.92 Å². The molecule has 0 aliphatic rings. The molecule has 0 saturated heterocycles. The highest BCUT2D eigenvalue weighted by Gasteiger charge is 2.08. The van der Waals surface area contributed by atoms with Gasteiger partial charge in [0.25, 0.3) is 0 Å². The van der Waals surface area contributed by atoms with Gasteiger partial charge >= 0.3 is 0 Å². The maximum Gasteiger partial charge on any atom is 0.222 e. The first-order valence-electron chi connectivity index (χ1n) is 6.63. The van der Waals surface area contributed by atoms with Gasteiger partial charge in [0.15, 0.2) is 0 Å². The third-order valence-corrected chi connectivity index (χ3v) is 3.06. The third kappa shape index (κ3) is 5.32. The van der Waals surface area contributed by atoms with E-state index in [1.165, 1.54) is 11.1 Å². The van der Waals surface area contributed by atoms with Gasteiger partial charge in [-0.05, 0) is 31.9 Å². The number of aryl methyl sites for hydroxylation is 1. The molecule has 0 fully saturated rings. The van der Waals surface area contributed by atoms with Gasteiger partial charge in [-0.25, -0.2) is 0 Å². The Morgan fingerprint density at radius 3 is 2.44 bits per heavy atom. The molecule has 0 heterocycles. The summed E-state index contributed by atoms with van der Waals surface area (Å²) in [5, 5.41) is 0. The molecule has 0 unspecified atom stereocenters. The first-order chi connectivity index (χ1) is 8.63. The van der Waals surface area contributed by atoms with E-state index in [2.05, 4.69) is 31.2 Å². The van der Waals surface area contributed by atoms with E-state index < -0.39 is 0 Å². The van der Waals surface area contributed by atoms with Crippen molar-refractivity contribution in [2.24, 2.45) is 5.73 Å². The van der Waals surface area contributed by atoms with Gasteiger partial charge in [-0.2, -0.15) is 0 Å². The fraction of sp³-hybridized carbons (Fsp3) is 0.533. The number of carbonyl (C=O) groups excluding carboxylic acids is 1. The molecular weight excluding hydrogens is 224 g/mol. The van der Waals surface area contributed by atoms with Gasteiger partial charge in [0.2, 0.25) is 5.91 Å². The average molecular weight is 248 g/mol. The minimum Gasteiger partial charge on any atom is -0.341 e. The standard InChI is InChI=1S/C15H24N2O/c1-13-7-9-14(10-8-13)12-17(2)15(18)6-4-3-5-11-16/h7-10H,3-6,11-12,16H2,1-2H3. The number of carbonyl (C=O) groups is 1. The molecule has 3 nitrogen and oxygen atoms in total. The zero-order valence-electron chi connectivity index (χ0n) is 11.5. The van der Waals surface area contributed by atoms with Crippen molar-refractivity contribution in [3.05, 3.63) is 35.4 Å². The van der Waals surface area contributed by atoms with E-state index in [4.69, 9.17) is 5.73 Å². The smallest absolute Gasteiger partial charge is 0.222 e. The van der Waals surface area contributed by atoms with Crippen LogP contribution in [0.5, 0.6) is 0 Å². The second-order valence-electron chi connectivity index (χ2n) is 4.83. The molecule has 0 aliphatic carbocycles. The van der Waals surface area contributed by atoms with Crippen molar-refractivity contribution < 1.29 is 4.79 Å². The number of benzene rings is 1. The predicted molar refractivity (Wildman–Crippen MR) is 75.2 cm³/mol. The number of nitrogens with two attached hydrogens (primary N) is 1. The molecule has 1 rings (SSSR count). The normalized spacial score (nSPS) is 10.4. The summed E-state index contributed by atoms with van der Waals surface area (Å²) in [6, 6.07) is 8.31. The van der Waals surface area contributed by atoms with Crippen molar-refractivity contribution in [1.29, 1.82) is 0 Å². The fourth-order valence-electron chi connectivity index (χ4n) is 1.84. The molecule has 0 saturated carbocycles. The van der Waals surface area contributed by atoms with Crippen molar-refractivity contribution in [3.8, 4) is 0 Å². The zero-order chi connectivity index (χ0) is 13.4. The van der Waals surface area contributed by atoms with Crippen LogP contribution in [0.1, 0.15) is 36.8 Å². The second kappa shape index (κ2) is 7.88. The molecule has 1 aromatic carbocycles. The van der Waals surface area contributed by atoms with E-state index in [0.29, 0.717) is 19.5 Å². The summed E-state index contributed by atoms with van der Waals surface area (Å²) in [5.74, 6) is 0.215. The molecule has 1 aromatic rings. The molecule has 0 atom stereocenters. The highest BCUT2D eigenvalue weighted by molar-refractivity contribution is 5.75. The van der Waals surface area contributed by atoms with Gasteiger partial charge in [-0.15, -0.1) is 0 Å². The molecule has 18 heavy (non-hydrogen) atoms. The molecule has 0 spiro atoms. The lowest BCUT2D eigenvalue weighted by molar-refractivity contribution is -0.130. The maximum atomic E-state index is 11.9. The van der Waals surface area contributed by atoms with Crippen molar-refractivity contribution >= 4 is 5.91 Å². The molecule has 0 radical (unpaired) electrons. The number of nitrogens with zero attached hydrogens (tertiary/aromatic N) is 1. The van der Waals surface area contributed by atoms with Gasteiger partial charge in [0, 0.05) is 20.0 Å². The van der Waals surface area contributed by atoms with E-state index in [0.717, 1.165) is 19.3 Å². The highest BCUT2D eigenvalue weighted by Crippen LogP contribution is 2.08. The zero-order valence-corrected chi connectivity index (χ0v) is 11.5. The molecule has 0 bridgehead atoms. The molecule has 1 amide bonds. The van der Waals surface area contributed by atoms with Gasteiger partial charge < -0.3 is 10.6 Å². The van der Waals surface area contributed by atoms with E-state index in [-0.39, 0.29) is 5.91 Å². The van der Waals surface area contributed by atoms with Crippen molar-refractivity contribution in [2.45, 2.75) is 39.2 Å². The quantitative estimate of drug-likeness (QED) is 0.753. The summed E-state index contributed by atoms with van der Waals surface area (Å²) < 4.78 is 0.